The largest absolute Gasteiger partial charge is 0.549 e. The summed E-state index contributed by atoms with van der Waals surface area (Å²) in [5, 5.41) is 23.1. The van der Waals surface area contributed by atoms with Crippen LogP contribution in [0.3, 0.4) is 0 Å². The first-order valence-corrected chi connectivity index (χ1v) is 7.70. The number of anilines is 1. The Morgan fingerprint density at radius 3 is 2.71 bits per heavy atom. The van der Waals surface area contributed by atoms with E-state index in [0.717, 1.165) is 23.3 Å². The number of nitrogens with one attached hydrogen (secondary N) is 1. The summed E-state index contributed by atoms with van der Waals surface area (Å²) in [4.78, 5) is 10.5. The van der Waals surface area contributed by atoms with E-state index in [9.17, 15) is 9.90 Å². The van der Waals surface area contributed by atoms with E-state index < -0.39 is 5.97 Å². The van der Waals surface area contributed by atoms with Crippen molar-refractivity contribution in [3.05, 3.63) is 35.1 Å². The molecule has 0 aliphatic carbocycles. The molecule has 112 valence electrons. The van der Waals surface area contributed by atoms with Crippen LogP contribution in [0.15, 0.2) is 29.4 Å². The van der Waals surface area contributed by atoms with E-state index >= 15 is 0 Å². The number of hydrogen-bond acceptors (Lipinski definition) is 6. The van der Waals surface area contributed by atoms with Crippen molar-refractivity contribution < 1.29 is 9.90 Å². The summed E-state index contributed by atoms with van der Waals surface area (Å²) in [6.45, 7) is 3.12. The van der Waals surface area contributed by atoms with Gasteiger partial charge in [-0.3, -0.25) is 0 Å². The van der Waals surface area contributed by atoms with Crippen molar-refractivity contribution in [2.45, 2.75) is 25.2 Å². The lowest BCUT2D eigenvalue weighted by Crippen LogP contribution is -2.24. The standard InChI is InChI=1S/C13H15ClN4O2S/c1-2-18-11(16-17-13(18)21-8-12(19)20)7-15-10-5-3-9(14)4-6-10/h3-6,15H,2,7-8H2,1H3,(H,19,20)/p-1. The molecule has 0 aliphatic rings. The summed E-state index contributed by atoms with van der Waals surface area (Å²) in [7, 11) is 0. The number of nitrogens with zero attached hydrogens (tertiary/aromatic N) is 3. The number of carboxylic acid groups (broad SMARTS) is 1. The van der Waals surface area contributed by atoms with Gasteiger partial charge in [0.15, 0.2) is 11.0 Å². The monoisotopic (exact) mass is 325 g/mol. The topological polar surface area (TPSA) is 82.9 Å². The molecule has 1 aromatic carbocycles. The third kappa shape index (κ3) is 4.37. The maximum absolute atomic E-state index is 10.5. The molecule has 0 unspecified atom stereocenters. The number of carboxylic acids is 1. The van der Waals surface area contributed by atoms with Gasteiger partial charge in [0.25, 0.3) is 0 Å². The molecule has 21 heavy (non-hydrogen) atoms. The molecule has 0 fully saturated rings. The average molecular weight is 326 g/mol. The van der Waals surface area contributed by atoms with E-state index in [-0.39, 0.29) is 5.75 Å². The van der Waals surface area contributed by atoms with Crippen molar-refractivity contribution in [3.8, 4) is 0 Å². The third-order valence-corrected chi connectivity index (χ3v) is 3.92. The van der Waals surface area contributed by atoms with Crippen LogP contribution in [-0.4, -0.2) is 26.5 Å². The molecule has 1 N–H and O–H groups in total. The van der Waals surface area contributed by atoms with Gasteiger partial charge in [-0.25, -0.2) is 0 Å². The fraction of sp³-hybridized carbons (Fsp3) is 0.308. The van der Waals surface area contributed by atoms with Gasteiger partial charge in [-0.05, 0) is 31.2 Å². The number of hydrogen-bond donors (Lipinski definition) is 1. The van der Waals surface area contributed by atoms with Gasteiger partial charge in [0.05, 0.1) is 12.5 Å². The molecule has 1 heterocycles. The summed E-state index contributed by atoms with van der Waals surface area (Å²) in [6.07, 6.45) is 0. The van der Waals surface area contributed by atoms with E-state index in [1.54, 1.807) is 12.1 Å². The van der Waals surface area contributed by atoms with E-state index in [1.165, 1.54) is 0 Å². The highest BCUT2D eigenvalue weighted by atomic mass is 35.5. The molecule has 0 spiro atoms. The second-order valence-electron chi connectivity index (χ2n) is 4.16. The Morgan fingerprint density at radius 2 is 2.10 bits per heavy atom. The van der Waals surface area contributed by atoms with Gasteiger partial charge in [-0.2, -0.15) is 0 Å². The molecule has 0 amide bonds. The number of thioether (sulfide) groups is 1. The molecule has 6 nitrogen and oxygen atoms in total. The van der Waals surface area contributed by atoms with Gasteiger partial charge >= 0.3 is 0 Å². The lowest BCUT2D eigenvalue weighted by Gasteiger charge is -2.09. The first-order chi connectivity index (χ1) is 10.1. The first-order valence-electron chi connectivity index (χ1n) is 6.34. The summed E-state index contributed by atoms with van der Waals surface area (Å²) >= 11 is 6.94. The van der Waals surface area contributed by atoms with Crippen LogP contribution in [-0.2, 0) is 17.9 Å². The molecule has 0 bridgehead atoms. The van der Waals surface area contributed by atoms with Gasteiger partial charge in [-0.15, -0.1) is 10.2 Å². The summed E-state index contributed by atoms with van der Waals surface area (Å²) in [6, 6.07) is 7.35. The van der Waals surface area contributed by atoms with Crippen molar-refractivity contribution in [2.24, 2.45) is 0 Å². The Balaban J connectivity index is 2.02. The first kappa shape index (κ1) is 15.7. The molecule has 0 atom stereocenters. The molecule has 2 rings (SSSR count). The normalized spacial score (nSPS) is 10.6. The molecule has 2 aromatic rings. The summed E-state index contributed by atoms with van der Waals surface area (Å²) < 4.78 is 1.87. The van der Waals surface area contributed by atoms with Gasteiger partial charge < -0.3 is 19.8 Å². The molecule has 0 saturated heterocycles. The van der Waals surface area contributed by atoms with Gasteiger partial charge in [0, 0.05) is 23.0 Å². The Kier molecular flexibility index (Phi) is 5.46. The number of carbonyl (C=O) groups excluding carboxylic acids is 1. The number of halogens is 1. The van der Waals surface area contributed by atoms with Crippen LogP contribution < -0.4 is 10.4 Å². The maximum atomic E-state index is 10.5. The zero-order valence-corrected chi connectivity index (χ0v) is 12.9. The number of aromatic nitrogens is 3. The Labute approximate surface area is 131 Å². The van der Waals surface area contributed by atoms with Crippen LogP contribution in [0, 0.1) is 0 Å². The number of rotatable bonds is 7. The quantitative estimate of drug-likeness (QED) is 0.775. The highest BCUT2D eigenvalue weighted by Crippen LogP contribution is 2.18. The second-order valence-corrected chi connectivity index (χ2v) is 5.54. The molecule has 0 radical (unpaired) electrons. The van der Waals surface area contributed by atoms with Crippen LogP contribution in [0.5, 0.6) is 0 Å². The minimum Gasteiger partial charge on any atom is -0.549 e. The van der Waals surface area contributed by atoms with Crippen LogP contribution in [0.25, 0.3) is 0 Å². The molecule has 1 aromatic heterocycles. The number of aliphatic carboxylic acids is 1. The molecular formula is C13H14ClN4O2S-. The van der Waals surface area contributed by atoms with Crippen molar-refractivity contribution in [2.75, 3.05) is 11.1 Å². The predicted molar refractivity (Wildman–Crippen MR) is 80.2 cm³/mol. The van der Waals surface area contributed by atoms with E-state index in [2.05, 4.69) is 15.5 Å². The zero-order chi connectivity index (χ0) is 15.2. The Hall–Kier alpha value is -1.73. The third-order valence-electron chi connectivity index (χ3n) is 2.72. The minimum atomic E-state index is -1.12. The van der Waals surface area contributed by atoms with Crippen molar-refractivity contribution in [1.29, 1.82) is 0 Å². The lowest BCUT2D eigenvalue weighted by atomic mass is 10.3. The van der Waals surface area contributed by atoms with Crippen LogP contribution >= 0.6 is 23.4 Å². The summed E-state index contributed by atoms with van der Waals surface area (Å²) in [5.41, 5.74) is 0.925. The van der Waals surface area contributed by atoms with Crippen molar-refractivity contribution >= 4 is 35.0 Å². The molecule has 0 saturated carbocycles. The van der Waals surface area contributed by atoms with Gasteiger partial charge in [-0.1, -0.05) is 23.4 Å². The van der Waals surface area contributed by atoms with Gasteiger partial charge in [0.1, 0.15) is 0 Å². The van der Waals surface area contributed by atoms with E-state index in [0.29, 0.717) is 23.3 Å². The van der Waals surface area contributed by atoms with Gasteiger partial charge in [0.2, 0.25) is 0 Å². The summed E-state index contributed by atoms with van der Waals surface area (Å²) in [5.74, 6) is -0.511. The van der Waals surface area contributed by atoms with Crippen LogP contribution in [0.2, 0.25) is 5.02 Å². The van der Waals surface area contributed by atoms with E-state index in [1.807, 2.05) is 23.6 Å². The maximum Gasteiger partial charge on any atom is 0.191 e. The smallest absolute Gasteiger partial charge is 0.191 e. The Morgan fingerprint density at radius 1 is 1.38 bits per heavy atom. The van der Waals surface area contributed by atoms with Crippen LogP contribution in [0.4, 0.5) is 5.69 Å². The number of carbonyl (C=O) groups is 1. The van der Waals surface area contributed by atoms with E-state index in [4.69, 9.17) is 11.6 Å². The fourth-order valence-electron chi connectivity index (χ4n) is 1.75. The molecule has 8 heteroatoms. The zero-order valence-electron chi connectivity index (χ0n) is 11.4. The fourth-order valence-corrected chi connectivity index (χ4v) is 2.61. The lowest BCUT2D eigenvalue weighted by molar-refractivity contribution is -0.301. The number of benzene rings is 1. The molecule has 0 aliphatic heterocycles. The minimum absolute atomic E-state index is 0.136. The van der Waals surface area contributed by atoms with Crippen molar-refractivity contribution in [1.82, 2.24) is 14.8 Å². The Bertz CT molecular complexity index is 615. The van der Waals surface area contributed by atoms with Crippen LogP contribution in [0.1, 0.15) is 12.7 Å². The highest BCUT2D eigenvalue weighted by molar-refractivity contribution is 7.99. The average Bonchev–Trinajstić information content (AvgIpc) is 2.86. The SMILES string of the molecule is CCn1c(CNc2ccc(Cl)cc2)nnc1SCC(=O)[O-]. The molecular weight excluding hydrogens is 312 g/mol. The second kappa shape index (κ2) is 7.33. The van der Waals surface area contributed by atoms with Crippen molar-refractivity contribution in [3.63, 3.8) is 0 Å². The highest BCUT2D eigenvalue weighted by Gasteiger charge is 2.11. The predicted octanol–water partition coefficient (Wildman–Crippen LogP) is 1.41.